The molecular weight excluding hydrogens is 324 g/mol. The summed E-state index contributed by atoms with van der Waals surface area (Å²) in [7, 11) is 0. The molecule has 1 aliphatic carbocycles. The van der Waals surface area contributed by atoms with Crippen LogP contribution >= 0.6 is 0 Å². The Labute approximate surface area is 157 Å². The predicted octanol–water partition coefficient (Wildman–Crippen LogP) is 3.82. The zero-order valence-electron chi connectivity index (χ0n) is 16.0. The van der Waals surface area contributed by atoms with Gasteiger partial charge < -0.3 is 9.80 Å². The molecule has 4 nitrogen and oxygen atoms in total. The van der Waals surface area contributed by atoms with Crippen molar-refractivity contribution in [2.45, 2.75) is 57.8 Å². The van der Waals surface area contributed by atoms with Crippen LogP contribution in [0.15, 0.2) is 30.3 Å². The zero-order valence-corrected chi connectivity index (χ0v) is 16.0. The summed E-state index contributed by atoms with van der Waals surface area (Å²) in [5.41, 5.74) is 1.21. The Balaban J connectivity index is 1.39. The molecule has 0 spiro atoms. The topological polar surface area (TPSA) is 40.6 Å². The number of nitrogens with zero attached hydrogens (tertiary/aromatic N) is 2. The van der Waals surface area contributed by atoms with E-state index in [-0.39, 0.29) is 17.7 Å². The highest BCUT2D eigenvalue weighted by Crippen LogP contribution is 2.28. The van der Waals surface area contributed by atoms with E-state index in [4.69, 9.17) is 0 Å². The maximum Gasteiger partial charge on any atom is 0.223 e. The third kappa shape index (κ3) is 5.09. The van der Waals surface area contributed by atoms with Crippen molar-refractivity contribution in [3.63, 3.8) is 0 Å². The van der Waals surface area contributed by atoms with Gasteiger partial charge in [0, 0.05) is 39.0 Å². The van der Waals surface area contributed by atoms with E-state index in [0.29, 0.717) is 39.0 Å². The van der Waals surface area contributed by atoms with Crippen molar-refractivity contribution >= 4 is 11.8 Å². The average molecular weight is 357 g/mol. The smallest absolute Gasteiger partial charge is 0.223 e. The van der Waals surface area contributed by atoms with Gasteiger partial charge in [0.25, 0.3) is 0 Å². The Bertz CT molecular complexity index is 587. The highest BCUT2D eigenvalue weighted by molar-refractivity contribution is 5.79. The first-order valence-electron chi connectivity index (χ1n) is 10.2. The average Bonchev–Trinajstić information content (AvgIpc) is 3.20. The van der Waals surface area contributed by atoms with Crippen LogP contribution < -0.4 is 0 Å². The van der Waals surface area contributed by atoms with Crippen molar-refractivity contribution in [3.8, 4) is 0 Å². The van der Waals surface area contributed by atoms with Crippen LogP contribution in [0.2, 0.25) is 0 Å². The van der Waals surface area contributed by atoms with Gasteiger partial charge in [-0.15, -0.1) is 0 Å². The molecular formula is C22H32N2O2. The van der Waals surface area contributed by atoms with Gasteiger partial charge in [-0.25, -0.2) is 0 Å². The van der Waals surface area contributed by atoms with E-state index < -0.39 is 0 Å². The molecule has 2 aliphatic rings. The van der Waals surface area contributed by atoms with Crippen molar-refractivity contribution in [1.29, 1.82) is 0 Å². The summed E-state index contributed by atoms with van der Waals surface area (Å²) < 4.78 is 0. The second-order valence-electron chi connectivity index (χ2n) is 7.97. The van der Waals surface area contributed by atoms with Crippen LogP contribution in [-0.4, -0.2) is 47.8 Å². The largest absolute Gasteiger partial charge is 0.339 e. The molecule has 1 heterocycles. The zero-order chi connectivity index (χ0) is 18.4. The van der Waals surface area contributed by atoms with Gasteiger partial charge in [0.15, 0.2) is 0 Å². The first-order valence-corrected chi connectivity index (χ1v) is 10.2. The summed E-state index contributed by atoms with van der Waals surface area (Å²) in [6.07, 6.45) is 7.54. The summed E-state index contributed by atoms with van der Waals surface area (Å²) in [5, 5.41) is 0. The highest BCUT2D eigenvalue weighted by Gasteiger charge is 2.26. The van der Waals surface area contributed by atoms with Gasteiger partial charge in [-0.05, 0) is 23.8 Å². The Hall–Kier alpha value is -1.84. The Kier molecular flexibility index (Phi) is 6.70. The van der Waals surface area contributed by atoms with Crippen LogP contribution in [0.25, 0.3) is 0 Å². The van der Waals surface area contributed by atoms with Crippen LogP contribution in [0.3, 0.4) is 0 Å². The van der Waals surface area contributed by atoms with Crippen LogP contribution in [0.5, 0.6) is 0 Å². The number of hydrogen-bond donors (Lipinski definition) is 0. The van der Waals surface area contributed by atoms with Crippen molar-refractivity contribution in [3.05, 3.63) is 35.9 Å². The number of hydrogen-bond acceptors (Lipinski definition) is 2. The summed E-state index contributed by atoms with van der Waals surface area (Å²) in [6.45, 7) is 4.84. The van der Waals surface area contributed by atoms with Gasteiger partial charge in [-0.1, -0.05) is 62.9 Å². The summed E-state index contributed by atoms with van der Waals surface area (Å²) in [6, 6.07) is 10.2. The van der Waals surface area contributed by atoms with E-state index in [1.54, 1.807) is 0 Å². The van der Waals surface area contributed by atoms with Gasteiger partial charge in [-0.3, -0.25) is 9.59 Å². The molecule has 1 atom stereocenters. The quantitative estimate of drug-likeness (QED) is 0.777. The van der Waals surface area contributed by atoms with Gasteiger partial charge in [0.1, 0.15) is 0 Å². The minimum absolute atomic E-state index is 0.208. The molecule has 142 valence electrons. The number of benzene rings is 1. The van der Waals surface area contributed by atoms with Gasteiger partial charge in [0.2, 0.25) is 11.8 Å². The Morgan fingerprint density at radius 2 is 1.54 bits per heavy atom. The minimum Gasteiger partial charge on any atom is -0.339 e. The fourth-order valence-electron chi connectivity index (χ4n) is 4.28. The summed E-state index contributed by atoms with van der Waals surface area (Å²) in [4.78, 5) is 28.9. The molecule has 0 N–H and O–H groups in total. The highest BCUT2D eigenvalue weighted by atomic mass is 16.2. The summed E-state index contributed by atoms with van der Waals surface area (Å²) >= 11 is 0. The molecule has 1 saturated carbocycles. The molecule has 0 radical (unpaired) electrons. The van der Waals surface area contributed by atoms with Gasteiger partial charge in [0.05, 0.1) is 0 Å². The number of carbonyl (C=O) groups excluding carboxylic acids is 2. The lowest BCUT2D eigenvalue weighted by molar-refractivity contribution is -0.139. The van der Waals surface area contributed by atoms with Crippen LogP contribution in [0.4, 0.5) is 0 Å². The molecule has 1 aliphatic heterocycles. The van der Waals surface area contributed by atoms with Crippen molar-refractivity contribution in [2.24, 2.45) is 5.92 Å². The molecule has 4 heteroatoms. The number of carbonyl (C=O) groups is 2. The van der Waals surface area contributed by atoms with E-state index in [9.17, 15) is 9.59 Å². The lowest BCUT2D eigenvalue weighted by atomic mass is 9.97. The van der Waals surface area contributed by atoms with Gasteiger partial charge >= 0.3 is 0 Å². The third-order valence-corrected chi connectivity index (χ3v) is 6.08. The minimum atomic E-state index is 0.208. The summed E-state index contributed by atoms with van der Waals surface area (Å²) in [5.74, 6) is 1.48. The fraction of sp³-hybridized carbons (Fsp3) is 0.636. The fourth-order valence-corrected chi connectivity index (χ4v) is 4.28. The SMILES string of the molecule is CC(CC(=O)N1CCN(C(=O)CCC2CCCC2)CC1)c1ccccc1. The maximum absolute atomic E-state index is 12.6. The number of piperazine rings is 1. The normalized spacial score (nSPS) is 19.6. The van der Waals surface area contributed by atoms with E-state index in [0.717, 1.165) is 12.3 Å². The van der Waals surface area contributed by atoms with E-state index in [1.165, 1.54) is 31.2 Å². The molecule has 2 amide bonds. The number of amides is 2. The molecule has 0 bridgehead atoms. The lowest BCUT2D eigenvalue weighted by Crippen LogP contribution is -2.50. The monoisotopic (exact) mass is 356 g/mol. The van der Waals surface area contributed by atoms with Crippen molar-refractivity contribution in [1.82, 2.24) is 9.80 Å². The molecule has 1 aromatic carbocycles. The molecule has 2 fully saturated rings. The maximum atomic E-state index is 12.6. The van der Waals surface area contributed by atoms with Crippen LogP contribution in [-0.2, 0) is 9.59 Å². The van der Waals surface area contributed by atoms with E-state index >= 15 is 0 Å². The predicted molar refractivity (Wildman–Crippen MR) is 104 cm³/mol. The molecule has 1 aromatic rings. The second kappa shape index (κ2) is 9.20. The molecule has 0 aromatic heterocycles. The standard InChI is InChI=1S/C22H32N2O2/c1-18(20-9-3-2-4-10-20)17-22(26)24-15-13-23(14-16-24)21(25)12-11-19-7-5-6-8-19/h2-4,9-10,18-19H,5-8,11-17H2,1H3. The molecule has 26 heavy (non-hydrogen) atoms. The molecule has 3 rings (SSSR count). The Morgan fingerprint density at radius 3 is 2.15 bits per heavy atom. The molecule has 1 unspecified atom stereocenters. The lowest BCUT2D eigenvalue weighted by Gasteiger charge is -2.35. The van der Waals surface area contributed by atoms with E-state index in [1.807, 2.05) is 28.0 Å². The Morgan fingerprint density at radius 1 is 0.962 bits per heavy atom. The van der Waals surface area contributed by atoms with Crippen molar-refractivity contribution < 1.29 is 9.59 Å². The van der Waals surface area contributed by atoms with Crippen molar-refractivity contribution in [2.75, 3.05) is 26.2 Å². The molecule has 1 saturated heterocycles. The van der Waals surface area contributed by atoms with Crippen LogP contribution in [0.1, 0.15) is 63.4 Å². The first kappa shape index (κ1) is 18.9. The first-order chi connectivity index (χ1) is 12.6. The third-order valence-electron chi connectivity index (χ3n) is 6.08. The van der Waals surface area contributed by atoms with E-state index in [2.05, 4.69) is 19.1 Å². The second-order valence-corrected chi connectivity index (χ2v) is 7.97. The van der Waals surface area contributed by atoms with Crippen LogP contribution in [0, 0.1) is 5.92 Å². The number of rotatable bonds is 6. The van der Waals surface area contributed by atoms with Gasteiger partial charge in [-0.2, -0.15) is 0 Å².